The molecule has 21 heavy (non-hydrogen) atoms. The lowest BCUT2D eigenvalue weighted by atomic mass is 10.1. The smallest absolute Gasteiger partial charge is 0.260 e. The number of thioether (sulfide) groups is 1. The van der Waals surface area contributed by atoms with Gasteiger partial charge in [0.05, 0.1) is 17.4 Å². The monoisotopic (exact) mass is 297 g/mol. The van der Waals surface area contributed by atoms with Crippen molar-refractivity contribution in [2.75, 3.05) is 6.26 Å². The van der Waals surface area contributed by atoms with Crippen molar-refractivity contribution in [1.29, 1.82) is 0 Å². The number of pyridine rings is 1. The van der Waals surface area contributed by atoms with Crippen LogP contribution in [0.1, 0.15) is 11.3 Å². The standard InChI is InChI=1S/C16H15N3OS/c1-21-14-9-12-15(17-10-18-16(12)20)19-13(14)8-7-11-5-3-2-4-6-11/h2-6,9-10H,7-8H2,1H3,(H,17,18,19,20). The molecular weight excluding hydrogens is 282 g/mol. The van der Waals surface area contributed by atoms with Gasteiger partial charge < -0.3 is 4.98 Å². The second kappa shape index (κ2) is 6.10. The lowest BCUT2D eigenvalue weighted by Gasteiger charge is -2.08. The Labute approximate surface area is 126 Å². The Morgan fingerprint density at radius 1 is 1.19 bits per heavy atom. The van der Waals surface area contributed by atoms with E-state index in [1.165, 1.54) is 11.9 Å². The summed E-state index contributed by atoms with van der Waals surface area (Å²) in [7, 11) is 0. The molecule has 0 radical (unpaired) electrons. The Morgan fingerprint density at radius 3 is 2.76 bits per heavy atom. The zero-order chi connectivity index (χ0) is 14.7. The molecule has 0 saturated carbocycles. The summed E-state index contributed by atoms with van der Waals surface area (Å²) in [5.41, 5.74) is 2.65. The molecule has 0 atom stereocenters. The molecule has 0 saturated heterocycles. The van der Waals surface area contributed by atoms with Crippen LogP contribution in [0.3, 0.4) is 0 Å². The molecule has 0 unspecified atom stereocenters. The molecule has 2 aromatic heterocycles. The van der Waals surface area contributed by atoms with Crippen LogP contribution in [-0.2, 0) is 12.8 Å². The molecule has 0 fully saturated rings. The van der Waals surface area contributed by atoms with Crippen LogP contribution < -0.4 is 5.56 Å². The number of rotatable bonds is 4. The van der Waals surface area contributed by atoms with Crippen molar-refractivity contribution in [2.24, 2.45) is 0 Å². The van der Waals surface area contributed by atoms with Crippen molar-refractivity contribution in [3.63, 3.8) is 0 Å². The van der Waals surface area contributed by atoms with Gasteiger partial charge >= 0.3 is 0 Å². The minimum Gasteiger partial charge on any atom is -0.313 e. The molecular formula is C16H15N3OS. The van der Waals surface area contributed by atoms with E-state index in [-0.39, 0.29) is 5.56 Å². The van der Waals surface area contributed by atoms with Crippen LogP contribution in [0.4, 0.5) is 0 Å². The van der Waals surface area contributed by atoms with Gasteiger partial charge in [-0.25, -0.2) is 9.97 Å². The number of fused-ring (bicyclic) bond motifs is 1. The Bertz CT molecular complexity index is 815. The summed E-state index contributed by atoms with van der Waals surface area (Å²) >= 11 is 1.61. The van der Waals surface area contributed by atoms with Gasteiger partial charge in [-0.3, -0.25) is 4.79 Å². The first kappa shape index (κ1) is 13.8. The number of benzene rings is 1. The van der Waals surface area contributed by atoms with E-state index in [9.17, 15) is 4.79 Å². The number of nitrogens with zero attached hydrogens (tertiary/aromatic N) is 2. The van der Waals surface area contributed by atoms with Gasteiger partial charge in [-0.15, -0.1) is 11.8 Å². The Morgan fingerprint density at radius 2 is 2.00 bits per heavy atom. The second-order valence-corrected chi connectivity index (χ2v) is 5.57. The predicted octanol–water partition coefficient (Wildman–Crippen LogP) is 2.83. The molecule has 0 bridgehead atoms. The third-order valence-corrected chi connectivity index (χ3v) is 4.18. The lowest BCUT2D eigenvalue weighted by Crippen LogP contribution is -2.09. The first-order valence-corrected chi connectivity index (χ1v) is 7.95. The van der Waals surface area contributed by atoms with Crippen LogP contribution in [-0.4, -0.2) is 21.2 Å². The van der Waals surface area contributed by atoms with Gasteiger partial charge in [-0.1, -0.05) is 30.3 Å². The molecule has 0 aliphatic carbocycles. The van der Waals surface area contributed by atoms with Gasteiger partial charge in [0, 0.05) is 4.90 Å². The Kier molecular flexibility index (Phi) is 4.01. The minimum absolute atomic E-state index is 0.141. The van der Waals surface area contributed by atoms with Crippen molar-refractivity contribution >= 4 is 22.8 Å². The fraction of sp³-hybridized carbons (Fsp3) is 0.188. The van der Waals surface area contributed by atoms with E-state index in [0.29, 0.717) is 11.0 Å². The number of hydrogen-bond donors (Lipinski definition) is 1. The molecule has 0 aliphatic rings. The fourth-order valence-electron chi connectivity index (χ4n) is 2.28. The van der Waals surface area contributed by atoms with Crippen molar-refractivity contribution in [1.82, 2.24) is 15.0 Å². The van der Waals surface area contributed by atoms with E-state index in [1.807, 2.05) is 30.5 Å². The normalized spacial score (nSPS) is 10.9. The molecule has 1 aromatic carbocycles. The Balaban J connectivity index is 1.96. The molecule has 0 amide bonds. The molecule has 1 N–H and O–H groups in total. The van der Waals surface area contributed by atoms with Gasteiger partial charge in [0.1, 0.15) is 0 Å². The van der Waals surface area contributed by atoms with Crippen molar-refractivity contribution in [3.05, 3.63) is 64.3 Å². The summed E-state index contributed by atoms with van der Waals surface area (Å²) < 4.78 is 0. The summed E-state index contributed by atoms with van der Waals surface area (Å²) in [4.78, 5) is 24.1. The molecule has 3 aromatic rings. The number of hydrogen-bond acceptors (Lipinski definition) is 4. The summed E-state index contributed by atoms with van der Waals surface area (Å²) in [5.74, 6) is 0. The van der Waals surface area contributed by atoms with E-state index in [2.05, 4.69) is 27.1 Å². The number of aromatic nitrogens is 3. The maximum atomic E-state index is 11.8. The zero-order valence-electron chi connectivity index (χ0n) is 11.7. The SMILES string of the molecule is CSc1cc2c(=O)[nH]cnc2nc1CCc1ccccc1. The maximum Gasteiger partial charge on any atom is 0.260 e. The molecule has 0 spiro atoms. The van der Waals surface area contributed by atoms with Gasteiger partial charge in [-0.05, 0) is 30.7 Å². The van der Waals surface area contributed by atoms with Crippen molar-refractivity contribution < 1.29 is 0 Å². The average Bonchev–Trinajstić information content (AvgIpc) is 2.53. The molecule has 4 nitrogen and oxygen atoms in total. The highest BCUT2D eigenvalue weighted by Crippen LogP contribution is 2.22. The molecule has 2 heterocycles. The summed E-state index contributed by atoms with van der Waals surface area (Å²) in [6.07, 6.45) is 5.16. The van der Waals surface area contributed by atoms with Crippen molar-refractivity contribution in [2.45, 2.75) is 17.7 Å². The average molecular weight is 297 g/mol. The van der Waals surface area contributed by atoms with E-state index in [1.54, 1.807) is 11.8 Å². The highest BCUT2D eigenvalue weighted by molar-refractivity contribution is 7.98. The number of nitrogens with one attached hydrogen (secondary N) is 1. The third-order valence-electron chi connectivity index (χ3n) is 3.38. The first-order chi connectivity index (χ1) is 10.3. The minimum atomic E-state index is -0.141. The Hall–Kier alpha value is -2.14. The molecule has 106 valence electrons. The maximum absolute atomic E-state index is 11.8. The second-order valence-electron chi connectivity index (χ2n) is 4.73. The van der Waals surface area contributed by atoms with Gasteiger partial charge in [0.15, 0.2) is 5.65 Å². The van der Waals surface area contributed by atoms with Crippen LogP contribution in [0.15, 0.2) is 52.4 Å². The predicted molar refractivity (Wildman–Crippen MR) is 85.8 cm³/mol. The van der Waals surface area contributed by atoms with E-state index in [4.69, 9.17) is 0 Å². The highest BCUT2D eigenvalue weighted by atomic mass is 32.2. The number of aromatic amines is 1. The quantitative estimate of drug-likeness (QED) is 0.752. The fourth-order valence-corrected chi connectivity index (χ4v) is 2.90. The van der Waals surface area contributed by atoms with Crippen LogP contribution in [0.5, 0.6) is 0 Å². The van der Waals surface area contributed by atoms with Crippen LogP contribution >= 0.6 is 11.8 Å². The lowest BCUT2D eigenvalue weighted by molar-refractivity contribution is 0.888. The number of H-pyrrole nitrogens is 1. The topological polar surface area (TPSA) is 58.6 Å². The third kappa shape index (κ3) is 2.97. The van der Waals surface area contributed by atoms with Gasteiger partial charge in [0.2, 0.25) is 0 Å². The number of aryl methyl sites for hydroxylation is 2. The molecule has 3 rings (SSSR count). The van der Waals surface area contributed by atoms with E-state index >= 15 is 0 Å². The summed E-state index contributed by atoms with van der Waals surface area (Å²) in [6, 6.07) is 12.2. The summed E-state index contributed by atoms with van der Waals surface area (Å²) in [6.45, 7) is 0. The first-order valence-electron chi connectivity index (χ1n) is 6.73. The molecule has 5 heteroatoms. The zero-order valence-corrected chi connectivity index (χ0v) is 12.5. The van der Waals surface area contributed by atoms with Gasteiger partial charge in [-0.2, -0.15) is 0 Å². The van der Waals surface area contributed by atoms with Crippen LogP contribution in [0.25, 0.3) is 11.0 Å². The van der Waals surface area contributed by atoms with E-state index in [0.717, 1.165) is 23.4 Å². The van der Waals surface area contributed by atoms with Crippen LogP contribution in [0.2, 0.25) is 0 Å². The van der Waals surface area contributed by atoms with Gasteiger partial charge in [0.25, 0.3) is 5.56 Å². The van der Waals surface area contributed by atoms with Crippen molar-refractivity contribution in [3.8, 4) is 0 Å². The van der Waals surface area contributed by atoms with Crippen LogP contribution in [0, 0.1) is 0 Å². The van der Waals surface area contributed by atoms with E-state index < -0.39 is 0 Å². The highest BCUT2D eigenvalue weighted by Gasteiger charge is 2.09. The largest absolute Gasteiger partial charge is 0.313 e. The molecule has 0 aliphatic heterocycles. The summed E-state index contributed by atoms with van der Waals surface area (Å²) in [5, 5.41) is 0.547.